The van der Waals surface area contributed by atoms with Gasteiger partial charge in [-0.25, -0.2) is 0 Å². The molecule has 0 N–H and O–H groups in total. The zero-order valence-corrected chi connectivity index (χ0v) is 25.6. The van der Waals surface area contributed by atoms with Crippen LogP contribution in [0.25, 0.3) is 0 Å². The van der Waals surface area contributed by atoms with Gasteiger partial charge in [0.25, 0.3) is 0 Å². The smallest absolute Gasteiger partial charge is 0.0558 e. The second-order valence-corrected chi connectivity index (χ2v) is 8.27. The first-order valence-corrected chi connectivity index (χ1v) is 11.2. The van der Waals surface area contributed by atoms with Crippen LogP contribution < -0.4 is 4.90 Å². The molecule has 2 radical (unpaired) electrons. The Balaban J connectivity index is -0.000000141. The van der Waals surface area contributed by atoms with E-state index in [9.17, 15) is 0 Å². The average Bonchev–Trinajstić information content (AvgIpc) is 2.56. The largest absolute Gasteiger partial charge is 0.376 e. The van der Waals surface area contributed by atoms with Gasteiger partial charge in [0.1, 0.15) is 0 Å². The van der Waals surface area contributed by atoms with Crippen molar-refractivity contribution in [2.24, 2.45) is 0 Å². The molecule has 3 nitrogen and oxygen atoms in total. The van der Waals surface area contributed by atoms with Crippen LogP contribution in [0.15, 0.2) is 50.3 Å². The van der Waals surface area contributed by atoms with Crippen LogP contribution in [0.3, 0.4) is 0 Å². The van der Waals surface area contributed by atoms with Gasteiger partial charge in [-0.2, -0.15) is 12.8 Å². The van der Waals surface area contributed by atoms with Gasteiger partial charge in [-0.05, 0) is 59.9 Å². The van der Waals surface area contributed by atoms with Gasteiger partial charge in [0.15, 0.2) is 0 Å². The molecule has 2 rings (SSSR count). The van der Waals surface area contributed by atoms with Crippen molar-refractivity contribution in [2.75, 3.05) is 19.0 Å². The van der Waals surface area contributed by atoms with Gasteiger partial charge < -0.3 is 34.4 Å². The Morgan fingerprint density at radius 1 is 0.926 bits per heavy atom. The van der Waals surface area contributed by atoms with Crippen molar-refractivity contribution in [3.63, 3.8) is 0 Å². The molecule has 2 heterocycles. The first kappa shape index (κ1) is 35.8. The topological polar surface area (TPSA) is 29.0 Å². The van der Waals surface area contributed by atoms with Crippen LogP contribution in [0.4, 0.5) is 5.69 Å². The normalized spacial score (nSPS) is 8.04. The van der Waals surface area contributed by atoms with E-state index in [-0.39, 0.29) is 37.1 Å². The van der Waals surface area contributed by atoms with Gasteiger partial charge >= 0.3 is 0 Å². The third kappa shape index (κ3) is 25.4. The van der Waals surface area contributed by atoms with Crippen LogP contribution in [-0.2, 0) is 37.1 Å². The van der Waals surface area contributed by atoms with Crippen molar-refractivity contribution in [1.82, 2.24) is 9.97 Å². The fourth-order valence-corrected chi connectivity index (χ4v) is 2.42. The van der Waals surface area contributed by atoms with Crippen molar-refractivity contribution in [1.29, 1.82) is 0 Å². The SMILES string of the molecule is Brc1cncc(Br)c1.CC[CH-]I.CN(C)c1cncc(Br)c1.[CH2-]CC.[V].[V]. The molecule has 2 aromatic heterocycles. The van der Waals surface area contributed by atoms with Crippen molar-refractivity contribution in [3.05, 3.63) is 61.7 Å². The molecule has 0 atom stereocenters. The zero-order valence-electron chi connectivity index (χ0n) is 15.9. The number of nitrogens with zero attached hydrogens (tertiary/aromatic N) is 3. The zero-order chi connectivity index (χ0) is 19.7. The number of hydrogen-bond acceptors (Lipinski definition) is 3. The van der Waals surface area contributed by atoms with Crippen molar-refractivity contribution >= 4 is 76.1 Å². The number of rotatable bonds is 2. The minimum Gasteiger partial charge on any atom is -0.376 e. The molecule has 0 aliphatic carbocycles. The van der Waals surface area contributed by atoms with E-state index in [0.717, 1.165) is 25.5 Å². The summed E-state index contributed by atoms with van der Waals surface area (Å²) in [4.78, 5) is 9.92. The van der Waals surface area contributed by atoms with Crippen LogP contribution >= 0.6 is 70.4 Å². The molecule has 0 bridgehead atoms. The van der Waals surface area contributed by atoms with Gasteiger partial charge in [0.05, 0.1) is 11.9 Å². The molecule has 0 aliphatic heterocycles. The Kier molecular flexibility index (Phi) is 33.8. The maximum absolute atomic E-state index is 4.02. The predicted molar refractivity (Wildman–Crippen MR) is 130 cm³/mol. The minimum absolute atomic E-state index is 0. The molecule has 0 saturated carbocycles. The Bertz CT molecular complexity index is 546. The molecule has 2 aromatic rings. The van der Waals surface area contributed by atoms with Gasteiger partial charge in [0, 0.05) is 83.2 Å². The maximum Gasteiger partial charge on any atom is 0.0558 e. The summed E-state index contributed by atoms with van der Waals surface area (Å²) in [6.45, 7) is 7.62. The molecule has 0 aliphatic rings. The minimum atomic E-state index is 0. The van der Waals surface area contributed by atoms with Crippen molar-refractivity contribution in [3.8, 4) is 0 Å². The van der Waals surface area contributed by atoms with E-state index in [2.05, 4.69) is 98.6 Å². The van der Waals surface area contributed by atoms with Gasteiger partial charge in [-0.15, -0.1) is 0 Å². The first-order chi connectivity index (χ1) is 11.8. The Morgan fingerprint density at radius 2 is 1.26 bits per heavy atom. The number of anilines is 1. The van der Waals surface area contributed by atoms with Crippen LogP contribution in [0.2, 0.25) is 0 Å². The summed E-state index contributed by atoms with van der Waals surface area (Å²) in [7, 11) is 3.98. The van der Waals surface area contributed by atoms with E-state index in [4.69, 9.17) is 0 Å². The second-order valence-electron chi connectivity index (χ2n) is 4.64. The Hall–Kier alpha value is 1.44. The molecule has 0 saturated heterocycles. The fourth-order valence-electron chi connectivity index (χ4n) is 1.03. The van der Waals surface area contributed by atoms with Crippen LogP contribution in [-0.4, -0.2) is 24.1 Å². The molecule has 27 heavy (non-hydrogen) atoms. The summed E-state index contributed by atoms with van der Waals surface area (Å²) in [5.41, 5.74) is 1.11. The molecule has 0 unspecified atom stereocenters. The van der Waals surface area contributed by atoms with Crippen LogP contribution in [0.5, 0.6) is 0 Å². The first-order valence-electron chi connectivity index (χ1n) is 7.57. The molecule has 9 heteroatoms. The van der Waals surface area contributed by atoms with Gasteiger partial charge in [-0.1, -0.05) is 13.8 Å². The van der Waals surface area contributed by atoms with Crippen LogP contribution in [0.1, 0.15) is 26.7 Å². The van der Waals surface area contributed by atoms with Crippen molar-refractivity contribution < 1.29 is 37.1 Å². The van der Waals surface area contributed by atoms with Gasteiger partial charge in [-0.3, -0.25) is 14.4 Å². The molecule has 152 valence electrons. The van der Waals surface area contributed by atoms with E-state index in [0.29, 0.717) is 0 Å². The number of pyridine rings is 2. The van der Waals surface area contributed by atoms with E-state index in [1.807, 2.05) is 44.2 Å². The van der Waals surface area contributed by atoms with E-state index >= 15 is 0 Å². The van der Waals surface area contributed by atoms with Crippen molar-refractivity contribution in [2.45, 2.75) is 26.7 Å². The van der Waals surface area contributed by atoms with E-state index in [1.165, 1.54) is 6.42 Å². The molecular weight excluding hydrogens is 727 g/mol. The second kappa shape index (κ2) is 25.5. The maximum atomic E-state index is 4.02. The average molecular weight is 752 g/mol. The molecule has 0 fully saturated rings. The molecular formula is C18H25Br3IN3V2-2. The Labute approximate surface area is 228 Å². The summed E-state index contributed by atoms with van der Waals surface area (Å²) in [5.74, 6) is 0. The third-order valence-electron chi connectivity index (χ3n) is 2.03. The Morgan fingerprint density at radius 3 is 1.44 bits per heavy atom. The number of aromatic nitrogens is 2. The van der Waals surface area contributed by atoms with E-state index < -0.39 is 0 Å². The summed E-state index contributed by atoms with van der Waals surface area (Å²) < 4.78 is 5.09. The van der Waals surface area contributed by atoms with Gasteiger partial charge in [0.2, 0.25) is 0 Å². The summed E-state index contributed by atoms with van der Waals surface area (Å²) >= 11 is 12.1. The number of halogens is 4. The quantitative estimate of drug-likeness (QED) is 0.233. The summed E-state index contributed by atoms with van der Waals surface area (Å²) in [6.07, 6.45) is 9.26. The number of hydrogen-bond donors (Lipinski definition) is 0. The van der Waals surface area contributed by atoms with Crippen LogP contribution in [0, 0.1) is 11.4 Å². The summed E-state index contributed by atoms with van der Waals surface area (Å²) in [6, 6.07) is 3.96. The summed E-state index contributed by atoms with van der Waals surface area (Å²) in [5, 5.41) is 0. The van der Waals surface area contributed by atoms with E-state index in [1.54, 1.807) is 18.6 Å². The predicted octanol–water partition coefficient (Wildman–Crippen LogP) is 7.74. The monoisotopic (exact) mass is 749 g/mol. The standard InChI is InChI=1S/C7H9BrN2.C5H3Br2N.C3H6I.C3H7.2V/c1-10(2)7-3-6(8)4-9-5-7;6-4-1-5(7)3-8-2-4;1-2-3-4;1-3-2;;/h3-5H,1-2H3;1-3H;3H,2H2,1H3;1,3H2,2H3;;/q;;2*-1;;. The molecule has 0 aromatic carbocycles. The molecule has 0 amide bonds. The molecule has 0 spiro atoms. The fraction of sp³-hybridized carbons (Fsp3) is 0.333. The third-order valence-corrected chi connectivity index (χ3v) is 4.21.